The molecule has 0 fully saturated rings. The molecule has 2 aromatic carbocycles. The third kappa shape index (κ3) is 5.52. The number of aryl methyl sites for hydroxylation is 2. The molecule has 0 radical (unpaired) electrons. The van der Waals surface area contributed by atoms with Crippen LogP contribution in [0.5, 0.6) is 0 Å². The van der Waals surface area contributed by atoms with Crippen molar-refractivity contribution in [2.45, 2.75) is 38.7 Å². The highest BCUT2D eigenvalue weighted by atomic mass is 19.4. The molecule has 0 amide bonds. The number of fused-ring (bicyclic) bond motifs is 1. The summed E-state index contributed by atoms with van der Waals surface area (Å²) in [5.41, 5.74) is 0.928. The Morgan fingerprint density at radius 1 is 1.19 bits per heavy atom. The number of carbonyl (C=O) groups is 1. The van der Waals surface area contributed by atoms with Gasteiger partial charge in [-0.2, -0.15) is 18.4 Å². The zero-order valence-electron chi connectivity index (χ0n) is 23.1. The first kappa shape index (κ1) is 29.3. The summed E-state index contributed by atoms with van der Waals surface area (Å²) in [4.78, 5) is 27.9. The van der Waals surface area contributed by atoms with E-state index in [2.05, 4.69) is 16.3 Å². The van der Waals surface area contributed by atoms with Crippen molar-refractivity contribution >= 4 is 17.6 Å². The van der Waals surface area contributed by atoms with E-state index in [1.54, 1.807) is 49.6 Å². The van der Waals surface area contributed by atoms with E-state index in [0.717, 1.165) is 17.7 Å². The second-order valence-corrected chi connectivity index (χ2v) is 9.85. The molecule has 5 rings (SSSR count). The molecule has 1 aliphatic heterocycles. The average Bonchev–Trinajstić information content (AvgIpc) is 3.39. The Morgan fingerprint density at radius 3 is 2.58 bits per heavy atom. The monoisotopic (exact) mass is 591 g/mol. The van der Waals surface area contributed by atoms with Crippen molar-refractivity contribution in [1.29, 1.82) is 5.26 Å². The van der Waals surface area contributed by atoms with Crippen molar-refractivity contribution < 1.29 is 32.4 Å². The molecule has 0 bridgehead atoms. The number of ether oxygens (including phenoxy) is 1. The minimum Gasteiger partial charge on any atom is -0.466 e. The third-order valence-electron chi connectivity index (χ3n) is 7.33. The second kappa shape index (κ2) is 11.6. The summed E-state index contributed by atoms with van der Waals surface area (Å²) >= 11 is 0. The number of pyridine rings is 1. The lowest BCUT2D eigenvalue weighted by Gasteiger charge is -2.36. The number of hydrogen-bond acceptors (Lipinski definition) is 7. The number of halogens is 3. The molecule has 1 aliphatic rings. The number of aliphatic hydroxyl groups excluding tert-OH is 1. The molecule has 13 heteroatoms. The summed E-state index contributed by atoms with van der Waals surface area (Å²) in [6, 6.07) is 14.0. The van der Waals surface area contributed by atoms with Crippen LogP contribution in [0.2, 0.25) is 0 Å². The molecule has 0 unspecified atom stereocenters. The number of aliphatic hydroxyl groups is 1. The first-order chi connectivity index (χ1) is 20.6. The number of esters is 1. The molecule has 4 aromatic rings. The molecular formula is C30H26F3N6O4+. The van der Waals surface area contributed by atoms with Gasteiger partial charge in [0.2, 0.25) is 5.95 Å². The van der Waals surface area contributed by atoms with Crippen LogP contribution in [-0.2, 0) is 35.3 Å². The highest BCUT2D eigenvalue weighted by Gasteiger charge is 2.41. The number of methoxy groups -OCH3 is 1. The molecule has 0 saturated heterocycles. The van der Waals surface area contributed by atoms with E-state index in [1.165, 1.54) is 28.7 Å². The number of nitrogens with one attached hydrogen (secondary N) is 1. The van der Waals surface area contributed by atoms with Crippen LogP contribution in [0.4, 0.5) is 24.8 Å². The smallest absolute Gasteiger partial charge is 0.416 e. The fourth-order valence-electron chi connectivity index (χ4n) is 5.23. The van der Waals surface area contributed by atoms with Crippen molar-refractivity contribution in [3.8, 4) is 6.07 Å². The van der Waals surface area contributed by atoms with Gasteiger partial charge in [0, 0.05) is 29.9 Å². The minimum absolute atomic E-state index is 0.0156. The quantitative estimate of drug-likeness (QED) is 0.248. The number of rotatable bonds is 7. The Morgan fingerprint density at radius 2 is 1.93 bits per heavy atom. The predicted molar refractivity (Wildman–Crippen MR) is 147 cm³/mol. The number of H-pyrrole nitrogens is 1. The van der Waals surface area contributed by atoms with Crippen molar-refractivity contribution in [2.24, 2.45) is 0 Å². The zero-order chi connectivity index (χ0) is 30.9. The number of carbonyl (C=O) groups excluding carboxylic acids is 1. The molecule has 0 aliphatic carbocycles. The molecule has 43 heavy (non-hydrogen) atoms. The van der Waals surface area contributed by atoms with Crippen molar-refractivity contribution in [3.63, 3.8) is 0 Å². The first-order valence-electron chi connectivity index (χ1n) is 13.1. The Balaban J connectivity index is 1.68. The number of hydrogen-bond donors (Lipinski definition) is 2. The highest BCUT2D eigenvalue weighted by Crippen LogP contribution is 2.43. The van der Waals surface area contributed by atoms with Crippen molar-refractivity contribution in [3.05, 3.63) is 117 Å². The summed E-state index contributed by atoms with van der Waals surface area (Å²) in [6.45, 7) is 1.91. The standard InChI is InChI=1S/C30H25F3N6O4/c1-18-25(27(41)43-2)26(24-7-6-20(16-34)14-21(24)10-13-37-11-8-19(17-40)9-12-37)39-28(35-36-29(39)42)38(18)23-5-3-4-22(15-23)30(31,32)33/h3-9,11-12,14-15,26,40H,10,13,17H2,1-2H3/p+1/t26-/m1/s1. The normalized spacial score (nSPS) is 14.8. The zero-order valence-corrected chi connectivity index (χ0v) is 23.1. The second-order valence-electron chi connectivity index (χ2n) is 9.85. The summed E-state index contributed by atoms with van der Waals surface area (Å²) in [5.74, 6) is -0.814. The molecule has 2 N–H and O–H groups in total. The van der Waals surface area contributed by atoms with Crippen LogP contribution in [0.15, 0.2) is 83.1 Å². The van der Waals surface area contributed by atoms with Gasteiger partial charge in [0.15, 0.2) is 18.9 Å². The van der Waals surface area contributed by atoms with Crippen LogP contribution in [0.25, 0.3) is 0 Å². The first-order valence-corrected chi connectivity index (χ1v) is 13.1. The van der Waals surface area contributed by atoms with Crippen LogP contribution in [0, 0.1) is 11.3 Å². The van der Waals surface area contributed by atoms with Crippen LogP contribution in [-0.4, -0.2) is 33.0 Å². The number of aromatic nitrogens is 4. The molecule has 2 aromatic heterocycles. The van der Waals surface area contributed by atoms with E-state index in [0.29, 0.717) is 29.7 Å². The molecule has 1 atom stereocenters. The van der Waals surface area contributed by atoms with E-state index < -0.39 is 29.4 Å². The van der Waals surface area contributed by atoms with Crippen LogP contribution < -0.4 is 15.2 Å². The lowest BCUT2D eigenvalue weighted by Crippen LogP contribution is -2.38. The van der Waals surface area contributed by atoms with Gasteiger partial charge in [0.05, 0.1) is 36.5 Å². The molecule has 3 heterocycles. The van der Waals surface area contributed by atoms with Crippen molar-refractivity contribution in [1.82, 2.24) is 14.8 Å². The maximum absolute atomic E-state index is 13.6. The maximum atomic E-state index is 13.6. The number of benzene rings is 2. The van der Waals surface area contributed by atoms with Crippen LogP contribution >= 0.6 is 0 Å². The van der Waals surface area contributed by atoms with Crippen molar-refractivity contribution in [2.75, 3.05) is 12.0 Å². The van der Waals surface area contributed by atoms with Gasteiger partial charge in [-0.1, -0.05) is 12.1 Å². The number of anilines is 2. The number of aromatic amines is 1. The highest BCUT2D eigenvalue weighted by molar-refractivity contribution is 5.93. The van der Waals surface area contributed by atoms with E-state index in [4.69, 9.17) is 4.74 Å². The fourth-order valence-corrected chi connectivity index (χ4v) is 5.23. The van der Waals surface area contributed by atoms with E-state index in [9.17, 15) is 33.1 Å². The molecular weight excluding hydrogens is 565 g/mol. The maximum Gasteiger partial charge on any atom is 0.416 e. The Labute approximate surface area is 243 Å². The largest absolute Gasteiger partial charge is 0.466 e. The SMILES string of the molecule is COC(=O)C1=C(C)N(c2cccc(C(F)(F)F)c2)c2n[nH]c(=O)n2[C@@H]1c1ccc(C#N)cc1CC[n+]1ccc(CO)cc1. The predicted octanol–water partition coefficient (Wildman–Crippen LogP) is 3.67. The van der Waals surface area contributed by atoms with Gasteiger partial charge in [-0.15, -0.1) is 5.10 Å². The van der Waals surface area contributed by atoms with Gasteiger partial charge < -0.3 is 9.84 Å². The Hall–Kier alpha value is -5.22. The number of alkyl halides is 3. The van der Waals surface area contributed by atoms with Crippen LogP contribution in [0.1, 0.15) is 40.8 Å². The fraction of sp³-hybridized carbons (Fsp3) is 0.233. The topological polar surface area (TPSA) is 128 Å². The van der Waals surface area contributed by atoms with E-state index in [1.807, 2.05) is 4.57 Å². The minimum atomic E-state index is -4.63. The number of allylic oxidation sites excluding steroid dienone is 1. The third-order valence-corrected chi connectivity index (χ3v) is 7.33. The van der Waals surface area contributed by atoms with E-state index in [-0.39, 0.29) is 29.5 Å². The summed E-state index contributed by atoms with van der Waals surface area (Å²) < 4.78 is 49.0. The lowest BCUT2D eigenvalue weighted by atomic mass is 9.89. The summed E-state index contributed by atoms with van der Waals surface area (Å²) in [6.07, 6.45) is -0.640. The van der Waals surface area contributed by atoms with Crippen LogP contribution in [0.3, 0.4) is 0 Å². The molecule has 0 spiro atoms. The summed E-state index contributed by atoms with van der Waals surface area (Å²) in [7, 11) is 1.17. The Bertz CT molecular complexity index is 1820. The average molecular weight is 592 g/mol. The molecule has 220 valence electrons. The number of nitriles is 1. The van der Waals surface area contributed by atoms with Gasteiger partial charge in [-0.3, -0.25) is 4.90 Å². The van der Waals surface area contributed by atoms with Gasteiger partial charge in [-0.25, -0.2) is 23.8 Å². The Kier molecular flexibility index (Phi) is 7.88. The summed E-state index contributed by atoms with van der Waals surface area (Å²) in [5, 5.41) is 25.5. The van der Waals surface area contributed by atoms with Gasteiger partial charge in [0.1, 0.15) is 6.04 Å². The van der Waals surface area contributed by atoms with Gasteiger partial charge >= 0.3 is 17.8 Å². The van der Waals surface area contributed by atoms with Gasteiger partial charge in [-0.05, 0) is 53.9 Å². The number of nitrogens with zero attached hydrogens (tertiary/aromatic N) is 5. The lowest BCUT2D eigenvalue weighted by molar-refractivity contribution is -0.696. The van der Waals surface area contributed by atoms with Gasteiger partial charge in [0.25, 0.3) is 0 Å². The molecule has 0 saturated carbocycles. The van der Waals surface area contributed by atoms with E-state index >= 15 is 0 Å². The molecule has 10 nitrogen and oxygen atoms in total.